The van der Waals surface area contributed by atoms with Crippen molar-refractivity contribution in [3.05, 3.63) is 89.4 Å². The van der Waals surface area contributed by atoms with Crippen LogP contribution in [0.25, 0.3) is 26.7 Å². The average Bonchev–Trinajstić information content (AvgIpc) is 3.45. The summed E-state index contributed by atoms with van der Waals surface area (Å²) >= 11 is 3.11. The topological polar surface area (TPSA) is 46.4 Å². The van der Waals surface area contributed by atoms with Gasteiger partial charge in [0.1, 0.15) is 11.4 Å². The molecule has 0 fully saturated rings. The predicted octanol–water partition coefficient (Wildman–Crippen LogP) is 6.04. The van der Waals surface area contributed by atoms with E-state index in [4.69, 9.17) is 0 Å². The Morgan fingerprint density at radius 3 is 2.57 bits per heavy atom. The molecule has 0 aliphatic heterocycles. The summed E-state index contributed by atoms with van der Waals surface area (Å²) in [5, 5.41) is 6.94. The van der Waals surface area contributed by atoms with E-state index in [9.17, 15) is 4.79 Å². The smallest absolute Gasteiger partial charge is 0.273 e. The van der Waals surface area contributed by atoms with Gasteiger partial charge in [-0.1, -0.05) is 54.6 Å². The van der Waals surface area contributed by atoms with E-state index in [0.29, 0.717) is 5.69 Å². The lowest BCUT2D eigenvalue weighted by Crippen LogP contribution is -2.14. The van der Waals surface area contributed by atoms with E-state index in [1.165, 1.54) is 11.3 Å². The highest BCUT2D eigenvalue weighted by Crippen LogP contribution is 2.30. The van der Waals surface area contributed by atoms with Crippen LogP contribution in [0.15, 0.2) is 83.7 Å². The minimum atomic E-state index is -0.148. The number of nitrogens with zero attached hydrogens (tertiary/aromatic N) is 2. The first-order valence-electron chi connectivity index (χ1n) is 8.76. The Morgan fingerprint density at radius 2 is 1.75 bits per heavy atom. The van der Waals surface area contributed by atoms with Gasteiger partial charge in [-0.15, -0.1) is 22.7 Å². The van der Waals surface area contributed by atoms with Gasteiger partial charge in [0.05, 0.1) is 4.88 Å². The number of rotatable bonds is 4. The molecule has 0 unspecified atom stereocenters. The number of hydrogen-bond acceptors (Lipinski definition) is 4. The van der Waals surface area contributed by atoms with E-state index < -0.39 is 0 Å². The van der Waals surface area contributed by atoms with Crippen molar-refractivity contribution in [1.29, 1.82) is 0 Å². The summed E-state index contributed by atoms with van der Waals surface area (Å²) in [7, 11) is 0. The molecule has 136 valence electrons. The van der Waals surface area contributed by atoms with Crippen molar-refractivity contribution < 1.29 is 4.79 Å². The number of thiophene rings is 1. The van der Waals surface area contributed by atoms with Crippen LogP contribution in [0, 0.1) is 0 Å². The third kappa shape index (κ3) is 3.02. The number of carbonyl (C=O) groups is 1. The molecule has 3 aromatic heterocycles. The molecule has 28 heavy (non-hydrogen) atoms. The summed E-state index contributed by atoms with van der Waals surface area (Å²) in [6.07, 6.45) is 1.93. The minimum absolute atomic E-state index is 0.148. The van der Waals surface area contributed by atoms with E-state index in [2.05, 4.69) is 10.3 Å². The van der Waals surface area contributed by atoms with Gasteiger partial charge < -0.3 is 5.32 Å². The molecule has 0 aliphatic rings. The maximum atomic E-state index is 13.0. The molecule has 2 aromatic carbocycles. The SMILES string of the molecule is O=C(Nc1ccccc1-c1ccccc1)c1csc2nc(-c3cccs3)cn12. The van der Waals surface area contributed by atoms with Crippen LogP contribution in [-0.4, -0.2) is 15.3 Å². The lowest BCUT2D eigenvalue weighted by atomic mass is 10.0. The van der Waals surface area contributed by atoms with Crippen molar-refractivity contribution in [2.75, 3.05) is 5.32 Å². The molecular formula is C22H15N3OS2. The number of para-hydroxylation sites is 1. The van der Waals surface area contributed by atoms with E-state index in [0.717, 1.165) is 32.3 Å². The number of amides is 1. The first-order valence-corrected chi connectivity index (χ1v) is 10.5. The fraction of sp³-hybridized carbons (Fsp3) is 0. The zero-order valence-electron chi connectivity index (χ0n) is 14.7. The minimum Gasteiger partial charge on any atom is -0.320 e. The van der Waals surface area contributed by atoms with Gasteiger partial charge in [-0.25, -0.2) is 4.98 Å². The van der Waals surface area contributed by atoms with Crippen molar-refractivity contribution in [3.8, 4) is 21.7 Å². The Hall–Kier alpha value is -3.22. The third-order valence-corrected chi connectivity index (χ3v) is 6.21. The molecule has 1 amide bonds. The Kier molecular flexibility index (Phi) is 4.27. The van der Waals surface area contributed by atoms with Crippen LogP contribution in [-0.2, 0) is 0 Å². The maximum absolute atomic E-state index is 13.0. The second-order valence-corrected chi connectivity index (χ2v) is 8.03. The van der Waals surface area contributed by atoms with E-state index >= 15 is 0 Å². The van der Waals surface area contributed by atoms with Crippen LogP contribution in [0.3, 0.4) is 0 Å². The Balaban J connectivity index is 1.49. The quantitative estimate of drug-likeness (QED) is 0.399. The van der Waals surface area contributed by atoms with Gasteiger partial charge in [-0.2, -0.15) is 0 Å². The second-order valence-electron chi connectivity index (χ2n) is 6.24. The van der Waals surface area contributed by atoms with Crippen LogP contribution < -0.4 is 5.32 Å². The molecule has 0 radical (unpaired) electrons. The van der Waals surface area contributed by atoms with Crippen molar-refractivity contribution in [2.45, 2.75) is 0 Å². The lowest BCUT2D eigenvalue weighted by molar-refractivity contribution is 0.102. The molecule has 3 heterocycles. The fourth-order valence-electron chi connectivity index (χ4n) is 3.14. The number of benzene rings is 2. The monoisotopic (exact) mass is 401 g/mol. The van der Waals surface area contributed by atoms with E-state index in [1.54, 1.807) is 11.3 Å². The van der Waals surface area contributed by atoms with Crippen molar-refractivity contribution in [3.63, 3.8) is 0 Å². The molecule has 5 rings (SSSR count). The molecule has 0 atom stereocenters. The number of fused-ring (bicyclic) bond motifs is 1. The molecule has 4 nitrogen and oxygen atoms in total. The van der Waals surface area contributed by atoms with Crippen LogP contribution in [0.4, 0.5) is 5.69 Å². The highest BCUT2D eigenvalue weighted by molar-refractivity contribution is 7.15. The molecule has 5 aromatic rings. The number of hydrogen-bond donors (Lipinski definition) is 1. The van der Waals surface area contributed by atoms with Crippen molar-refractivity contribution in [1.82, 2.24) is 9.38 Å². The Labute approximate surface area is 169 Å². The van der Waals surface area contributed by atoms with Gasteiger partial charge in [0.15, 0.2) is 4.96 Å². The summed E-state index contributed by atoms with van der Waals surface area (Å²) < 4.78 is 1.86. The number of thiazole rings is 1. The average molecular weight is 402 g/mol. The van der Waals surface area contributed by atoms with Gasteiger partial charge >= 0.3 is 0 Å². The predicted molar refractivity (Wildman–Crippen MR) is 116 cm³/mol. The fourth-order valence-corrected chi connectivity index (χ4v) is 4.67. The highest BCUT2D eigenvalue weighted by atomic mass is 32.1. The number of anilines is 1. The number of nitrogens with one attached hydrogen (secondary N) is 1. The Morgan fingerprint density at radius 1 is 0.929 bits per heavy atom. The van der Waals surface area contributed by atoms with E-state index in [-0.39, 0.29) is 5.91 Å². The summed E-state index contributed by atoms with van der Waals surface area (Å²) in [6.45, 7) is 0. The third-order valence-electron chi connectivity index (χ3n) is 4.48. The highest BCUT2D eigenvalue weighted by Gasteiger charge is 2.17. The summed E-state index contributed by atoms with van der Waals surface area (Å²) in [4.78, 5) is 19.6. The van der Waals surface area contributed by atoms with Gasteiger partial charge in [-0.05, 0) is 23.1 Å². The molecule has 1 N–H and O–H groups in total. The first kappa shape index (κ1) is 16.9. The maximum Gasteiger partial charge on any atom is 0.273 e. The molecule has 0 bridgehead atoms. The zero-order valence-corrected chi connectivity index (χ0v) is 16.3. The second kappa shape index (κ2) is 7.07. The summed E-state index contributed by atoms with van der Waals surface area (Å²) in [5.41, 5.74) is 4.32. The number of imidazole rings is 1. The van der Waals surface area contributed by atoms with Crippen molar-refractivity contribution >= 4 is 39.2 Å². The van der Waals surface area contributed by atoms with Gasteiger partial charge in [-0.3, -0.25) is 9.20 Å². The molecule has 0 spiro atoms. The van der Waals surface area contributed by atoms with Gasteiger partial charge in [0, 0.05) is 22.8 Å². The molecule has 0 aliphatic carbocycles. The molecular weight excluding hydrogens is 386 g/mol. The van der Waals surface area contributed by atoms with Crippen LogP contribution in [0.2, 0.25) is 0 Å². The standard InChI is InChI=1S/C22H15N3OS2/c26-21(23-17-10-5-4-9-16(17)15-7-2-1-3-8-15)19-14-28-22-24-18(13-25(19)22)20-11-6-12-27-20/h1-14H,(H,23,26). The largest absolute Gasteiger partial charge is 0.320 e. The molecule has 0 saturated heterocycles. The zero-order chi connectivity index (χ0) is 18.9. The summed E-state index contributed by atoms with van der Waals surface area (Å²) in [5.74, 6) is -0.148. The lowest BCUT2D eigenvalue weighted by Gasteiger charge is -2.11. The number of aromatic nitrogens is 2. The molecule has 0 saturated carbocycles. The Bertz CT molecular complexity index is 1250. The van der Waals surface area contributed by atoms with Crippen LogP contribution in [0.5, 0.6) is 0 Å². The van der Waals surface area contributed by atoms with Crippen molar-refractivity contribution in [2.24, 2.45) is 0 Å². The number of carbonyl (C=O) groups excluding carboxylic acids is 1. The van der Waals surface area contributed by atoms with Gasteiger partial charge in [0.2, 0.25) is 0 Å². The van der Waals surface area contributed by atoms with Crippen LogP contribution in [0.1, 0.15) is 10.5 Å². The van der Waals surface area contributed by atoms with Gasteiger partial charge in [0.25, 0.3) is 5.91 Å². The normalized spacial score (nSPS) is 11.0. The van der Waals surface area contributed by atoms with Crippen LogP contribution >= 0.6 is 22.7 Å². The van der Waals surface area contributed by atoms with E-state index in [1.807, 2.05) is 88.1 Å². The molecule has 6 heteroatoms. The first-order chi connectivity index (χ1) is 13.8. The summed E-state index contributed by atoms with van der Waals surface area (Å²) in [6, 6.07) is 21.9.